The minimum absolute atomic E-state index is 0.0747. The summed E-state index contributed by atoms with van der Waals surface area (Å²) >= 11 is 0. The summed E-state index contributed by atoms with van der Waals surface area (Å²) in [6.45, 7) is 3.36. The van der Waals surface area contributed by atoms with Crippen molar-refractivity contribution in [3.63, 3.8) is 0 Å². The van der Waals surface area contributed by atoms with Gasteiger partial charge in [0.2, 0.25) is 10.0 Å². The van der Waals surface area contributed by atoms with Crippen molar-refractivity contribution >= 4 is 26.9 Å². The predicted octanol–water partition coefficient (Wildman–Crippen LogP) is 4.41. The molecule has 0 aliphatic heterocycles. The van der Waals surface area contributed by atoms with Crippen LogP contribution in [0.4, 0.5) is 5.82 Å². The molecule has 0 spiro atoms. The fraction of sp³-hybridized carbons (Fsp3) is 0.240. The molecule has 35 heavy (non-hydrogen) atoms. The number of aromatic nitrogens is 4. The highest BCUT2D eigenvalue weighted by molar-refractivity contribution is 7.92. The third kappa shape index (κ3) is 4.89. The normalized spacial score (nSPS) is 18.4. The number of hydrogen-bond donors (Lipinski definition) is 2. The van der Waals surface area contributed by atoms with Gasteiger partial charge in [0.1, 0.15) is 29.3 Å². The number of nitrogens with two attached hydrogens (primary N) is 1. The average molecular weight is 491 g/mol. The first-order valence-corrected chi connectivity index (χ1v) is 12.9. The van der Waals surface area contributed by atoms with Crippen LogP contribution in [-0.2, 0) is 10.0 Å². The van der Waals surface area contributed by atoms with E-state index in [9.17, 15) is 8.42 Å². The summed E-state index contributed by atoms with van der Waals surface area (Å²) in [7, 11) is -3.45. The number of sulfonamides is 1. The van der Waals surface area contributed by atoms with Gasteiger partial charge < -0.3 is 10.5 Å². The highest BCUT2D eigenvalue weighted by atomic mass is 32.2. The van der Waals surface area contributed by atoms with Crippen molar-refractivity contribution < 1.29 is 13.2 Å². The highest BCUT2D eigenvalue weighted by Crippen LogP contribution is 2.36. The van der Waals surface area contributed by atoms with E-state index in [0.29, 0.717) is 41.1 Å². The first kappa shape index (κ1) is 23.0. The summed E-state index contributed by atoms with van der Waals surface area (Å²) in [5, 5.41) is 6.57. The second-order valence-corrected chi connectivity index (χ2v) is 10.2. The number of nitrogen functional groups attached to an aromatic ring is 1. The number of para-hydroxylation sites is 1. The minimum atomic E-state index is -3.45. The van der Waals surface area contributed by atoms with Crippen molar-refractivity contribution in [3.8, 4) is 22.8 Å². The Morgan fingerprint density at radius 3 is 2.37 bits per heavy atom. The lowest BCUT2D eigenvalue weighted by atomic mass is 9.92. The van der Waals surface area contributed by atoms with Crippen LogP contribution in [0.1, 0.15) is 31.7 Å². The van der Waals surface area contributed by atoms with Gasteiger partial charge in [-0.2, -0.15) is 5.10 Å². The fourth-order valence-corrected chi connectivity index (χ4v) is 5.27. The van der Waals surface area contributed by atoms with Gasteiger partial charge in [-0.25, -0.2) is 27.8 Å². The monoisotopic (exact) mass is 490 g/mol. The quantitative estimate of drug-likeness (QED) is 0.393. The summed E-state index contributed by atoms with van der Waals surface area (Å²) in [5.74, 6) is 1.85. The topological polar surface area (TPSA) is 125 Å². The van der Waals surface area contributed by atoms with Gasteiger partial charge in [-0.1, -0.05) is 24.8 Å². The second kappa shape index (κ2) is 9.47. The lowest BCUT2D eigenvalue weighted by molar-refractivity contribution is 0.299. The lowest BCUT2D eigenvalue weighted by Gasteiger charge is -2.28. The van der Waals surface area contributed by atoms with Crippen LogP contribution in [0.3, 0.4) is 0 Å². The molecule has 0 atom stereocenters. The van der Waals surface area contributed by atoms with Gasteiger partial charge in [0.15, 0.2) is 5.65 Å². The molecule has 0 saturated heterocycles. The van der Waals surface area contributed by atoms with Crippen molar-refractivity contribution in [1.82, 2.24) is 24.5 Å². The van der Waals surface area contributed by atoms with Gasteiger partial charge in [-0.05, 0) is 62.1 Å². The van der Waals surface area contributed by atoms with Crippen LogP contribution >= 0.6 is 0 Å². The van der Waals surface area contributed by atoms with E-state index in [1.807, 2.05) is 59.3 Å². The third-order valence-electron chi connectivity index (χ3n) is 6.22. The van der Waals surface area contributed by atoms with Gasteiger partial charge in [0.25, 0.3) is 0 Å². The first-order valence-electron chi connectivity index (χ1n) is 11.4. The number of anilines is 1. The summed E-state index contributed by atoms with van der Waals surface area (Å²) < 4.78 is 34.2. The number of ether oxygens (including phenoxy) is 1. The molecular weight excluding hydrogens is 464 g/mol. The summed E-state index contributed by atoms with van der Waals surface area (Å²) in [6, 6.07) is 17.2. The fourth-order valence-electron chi connectivity index (χ4n) is 4.48. The van der Waals surface area contributed by atoms with Gasteiger partial charge in [0.05, 0.1) is 11.4 Å². The Morgan fingerprint density at radius 1 is 1.00 bits per heavy atom. The molecule has 1 aliphatic rings. The zero-order valence-electron chi connectivity index (χ0n) is 19.0. The summed E-state index contributed by atoms with van der Waals surface area (Å²) in [4.78, 5) is 8.68. The van der Waals surface area contributed by atoms with Crippen LogP contribution in [0.2, 0.25) is 0 Å². The van der Waals surface area contributed by atoms with Gasteiger partial charge in [-0.3, -0.25) is 0 Å². The van der Waals surface area contributed by atoms with Crippen LogP contribution in [0.5, 0.6) is 11.5 Å². The van der Waals surface area contributed by atoms with Crippen LogP contribution in [-0.4, -0.2) is 34.2 Å². The maximum Gasteiger partial charge on any atom is 0.233 e. The molecule has 1 aliphatic carbocycles. The average Bonchev–Trinajstić information content (AvgIpc) is 3.26. The Bertz CT molecular complexity index is 1440. The molecule has 3 N–H and O–H groups in total. The SMILES string of the molecule is C=CS(=O)(=O)NC1CCC(n2nc(-c3ccc(Oc4ccccc4)cc3)c3c(N)ncnc32)CC1. The lowest BCUT2D eigenvalue weighted by Crippen LogP contribution is -2.37. The van der Waals surface area contributed by atoms with Crippen LogP contribution < -0.4 is 15.2 Å². The van der Waals surface area contributed by atoms with E-state index in [2.05, 4.69) is 21.3 Å². The second-order valence-electron chi connectivity index (χ2n) is 8.53. The Morgan fingerprint density at radius 2 is 1.69 bits per heavy atom. The number of rotatable bonds is 7. The van der Waals surface area contributed by atoms with Crippen molar-refractivity contribution in [2.24, 2.45) is 0 Å². The molecular formula is C25H26N6O3S. The maximum atomic E-state index is 11.8. The highest BCUT2D eigenvalue weighted by Gasteiger charge is 2.28. The molecule has 4 aromatic rings. The molecule has 2 aromatic carbocycles. The number of nitrogens with one attached hydrogen (secondary N) is 1. The Balaban J connectivity index is 1.41. The molecule has 5 rings (SSSR count). The summed E-state index contributed by atoms with van der Waals surface area (Å²) in [6.07, 6.45) is 4.35. The van der Waals surface area contributed by atoms with Crippen LogP contribution in [0.25, 0.3) is 22.3 Å². The summed E-state index contributed by atoms with van der Waals surface area (Å²) in [5.41, 5.74) is 8.52. The standard InChI is InChI=1S/C25H26N6O3S/c1-2-35(32,33)30-18-10-12-19(13-11-18)31-25-22(24(26)27-16-28-25)23(29-31)17-8-14-21(15-9-17)34-20-6-4-3-5-7-20/h2-9,14-16,18-19,30H,1,10-13H2,(H2,26,27,28). The van der Waals surface area contributed by atoms with Crippen LogP contribution in [0.15, 0.2) is 72.9 Å². The van der Waals surface area contributed by atoms with Gasteiger partial charge >= 0.3 is 0 Å². The zero-order chi connectivity index (χ0) is 24.4. The molecule has 0 radical (unpaired) electrons. The molecule has 10 heteroatoms. The molecule has 9 nitrogen and oxygen atoms in total. The Labute approximate surface area is 203 Å². The molecule has 2 heterocycles. The molecule has 1 saturated carbocycles. The number of nitrogens with zero attached hydrogens (tertiary/aromatic N) is 4. The number of benzene rings is 2. The third-order valence-corrected chi connectivity index (χ3v) is 7.32. The Kier molecular flexibility index (Phi) is 6.23. The van der Waals surface area contributed by atoms with E-state index in [-0.39, 0.29) is 12.1 Å². The van der Waals surface area contributed by atoms with Crippen LogP contribution in [0, 0.1) is 0 Å². The Hall–Kier alpha value is -3.76. The van der Waals surface area contributed by atoms with Crippen molar-refractivity contribution in [2.75, 3.05) is 5.73 Å². The van der Waals surface area contributed by atoms with Crippen molar-refractivity contribution in [1.29, 1.82) is 0 Å². The largest absolute Gasteiger partial charge is 0.457 e. The van der Waals surface area contributed by atoms with Gasteiger partial charge in [-0.15, -0.1) is 0 Å². The zero-order valence-corrected chi connectivity index (χ0v) is 19.9. The van der Waals surface area contributed by atoms with E-state index in [4.69, 9.17) is 15.6 Å². The molecule has 2 aromatic heterocycles. The molecule has 1 fully saturated rings. The molecule has 0 bridgehead atoms. The van der Waals surface area contributed by atoms with Crippen molar-refractivity contribution in [3.05, 3.63) is 72.9 Å². The predicted molar refractivity (Wildman–Crippen MR) is 135 cm³/mol. The number of hydrogen-bond acceptors (Lipinski definition) is 7. The van der Waals surface area contributed by atoms with Crippen molar-refractivity contribution in [2.45, 2.75) is 37.8 Å². The minimum Gasteiger partial charge on any atom is -0.457 e. The smallest absolute Gasteiger partial charge is 0.233 e. The van der Waals surface area contributed by atoms with E-state index in [1.54, 1.807) is 0 Å². The molecule has 180 valence electrons. The van der Waals surface area contributed by atoms with E-state index in [0.717, 1.165) is 29.6 Å². The maximum absolute atomic E-state index is 11.8. The molecule has 0 amide bonds. The molecule has 0 unspecified atom stereocenters. The van der Waals surface area contributed by atoms with E-state index < -0.39 is 10.0 Å². The number of fused-ring (bicyclic) bond motifs is 1. The first-order chi connectivity index (χ1) is 16.9. The van der Waals surface area contributed by atoms with E-state index >= 15 is 0 Å². The van der Waals surface area contributed by atoms with Gasteiger partial charge in [0, 0.05) is 17.0 Å². The van der Waals surface area contributed by atoms with E-state index in [1.165, 1.54) is 6.33 Å².